The maximum absolute atomic E-state index is 11.7. The number of nitro groups is 1. The van der Waals surface area contributed by atoms with Crippen molar-refractivity contribution in [3.05, 3.63) is 68.2 Å². The summed E-state index contributed by atoms with van der Waals surface area (Å²) in [5.74, 6) is -0.449. The molecule has 0 spiro atoms. The van der Waals surface area contributed by atoms with Gasteiger partial charge in [0.15, 0.2) is 0 Å². The highest BCUT2D eigenvalue weighted by Crippen LogP contribution is 2.26. The van der Waals surface area contributed by atoms with E-state index in [2.05, 4.69) is 20.7 Å². The normalized spacial score (nSPS) is 10.1. The fourth-order valence-corrected chi connectivity index (χ4v) is 2.03. The lowest BCUT2D eigenvalue weighted by Crippen LogP contribution is -2.06. The molecule has 2 aromatic rings. The maximum atomic E-state index is 11.7. The number of hydrogen-bond acceptors (Lipinski definition) is 5. The van der Waals surface area contributed by atoms with Gasteiger partial charge in [0.25, 0.3) is 5.69 Å². The molecule has 2 rings (SSSR count). The van der Waals surface area contributed by atoms with Gasteiger partial charge in [-0.1, -0.05) is 28.1 Å². The first-order chi connectivity index (χ1) is 10.5. The lowest BCUT2D eigenvalue weighted by atomic mass is 10.1. The van der Waals surface area contributed by atoms with Crippen LogP contribution in [0.4, 0.5) is 5.69 Å². The van der Waals surface area contributed by atoms with E-state index >= 15 is 0 Å². The average molecular weight is 366 g/mol. The molecule has 0 saturated carbocycles. The van der Waals surface area contributed by atoms with Crippen molar-refractivity contribution >= 4 is 27.6 Å². The molecule has 0 aliphatic rings. The number of nitrogens with zero attached hydrogens (tertiary/aromatic N) is 1. The Kier molecular flexibility index (Phi) is 5.11. The molecule has 0 saturated heterocycles. The average Bonchev–Trinajstić information content (AvgIpc) is 2.53. The first-order valence-electron chi connectivity index (χ1n) is 6.25. The van der Waals surface area contributed by atoms with E-state index in [9.17, 15) is 14.9 Å². The third-order valence-corrected chi connectivity index (χ3v) is 3.42. The fourth-order valence-electron chi connectivity index (χ4n) is 1.77. The number of rotatable bonds is 5. The van der Waals surface area contributed by atoms with Gasteiger partial charge in [-0.15, -0.1) is 0 Å². The summed E-state index contributed by atoms with van der Waals surface area (Å²) in [5.41, 5.74) is 0.725. The van der Waals surface area contributed by atoms with E-state index in [0.717, 1.165) is 16.1 Å². The van der Waals surface area contributed by atoms with E-state index < -0.39 is 10.9 Å². The molecule has 7 heteroatoms. The third kappa shape index (κ3) is 3.82. The van der Waals surface area contributed by atoms with Gasteiger partial charge in [0.2, 0.25) is 0 Å². The van der Waals surface area contributed by atoms with Crippen molar-refractivity contribution in [2.45, 2.75) is 6.61 Å². The zero-order valence-electron chi connectivity index (χ0n) is 11.6. The van der Waals surface area contributed by atoms with Crippen LogP contribution in [-0.2, 0) is 11.3 Å². The Morgan fingerprint density at radius 3 is 2.50 bits per heavy atom. The Morgan fingerprint density at radius 1 is 1.23 bits per heavy atom. The van der Waals surface area contributed by atoms with Crippen LogP contribution in [0.15, 0.2) is 46.9 Å². The summed E-state index contributed by atoms with van der Waals surface area (Å²) in [6.45, 7) is 0.231. The Labute approximate surface area is 134 Å². The van der Waals surface area contributed by atoms with Gasteiger partial charge in [0.1, 0.15) is 17.9 Å². The number of nitro benzene ring substituents is 1. The molecule has 0 aromatic heterocycles. The molecule has 0 unspecified atom stereocenters. The molecule has 0 amide bonds. The quantitative estimate of drug-likeness (QED) is 0.458. The summed E-state index contributed by atoms with van der Waals surface area (Å²) in [6, 6.07) is 11.3. The predicted octanol–water partition coefficient (Wildman–Crippen LogP) is 3.72. The van der Waals surface area contributed by atoms with Crippen LogP contribution in [0, 0.1) is 10.1 Å². The summed E-state index contributed by atoms with van der Waals surface area (Å²) in [4.78, 5) is 22.0. The molecular weight excluding hydrogens is 354 g/mol. The van der Waals surface area contributed by atoms with Crippen LogP contribution in [0.5, 0.6) is 5.75 Å². The highest BCUT2D eigenvalue weighted by molar-refractivity contribution is 9.10. The molecule has 0 N–H and O–H groups in total. The van der Waals surface area contributed by atoms with E-state index in [-0.39, 0.29) is 23.6 Å². The van der Waals surface area contributed by atoms with E-state index in [1.165, 1.54) is 19.2 Å². The highest BCUT2D eigenvalue weighted by Gasteiger charge is 2.18. The molecule has 2 aromatic carbocycles. The second-order valence-electron chi connectivity index (χ2n) is 4.34. The lowest BCUT2D eigenvalue weighted by Gasteiger charge is -2.10. The number of carbonyl (C=O) groups is 1. The van der Waals surface area contributed by atoms with Crippen LogP contribution in [0.25, 0.3) is 0 Å². The number of methoxy groups -OCH3 is 1. The van der Waals surface area contributed by atoms with Crippen molar-refractivity contribution < 1.29 is 19.2 Å². The van der Waals surface area contributed by atoms with Crippen LogP contribution in [0.3, 0.4) is 0 Å². The number of esters is 1. The maximum Gasteiger partial charge on any atom is 0.341 e. The molecule has 6 nitrogen and oxygen atoms in total. The van der Waals surface area contributed by atoms with Crippen LogP contribution < -0.4 is 4.74 Å². The summed E-state index contributed by atoms with van der Waals surface area (Å²) in [7, 11) is 1.21. The van der Waals surface area contributed by atoms with Gasteiger partial charge in [-0.25, -0.2) is 4.79 Å². The van der Waals surface area contributed by atoms with Crippen molar-refractivity contribution in [3.8, 4) is 5.75 Å². The van der Waals surface area contributed by atoms with Gasteiger partial charge in [-0.2, -0.15) is 0 Å². The number of ether oxygens (including phenoxy) is 2. The van der Waals surface area contributed by atoms with E-state index in [0.29, 0.717) is 0 Å². The zero-order valence-corrected chi connectivity index (χ0v) is 13.2. The first kappa shape index (κ1) is 16.0. The molecule has 0 bridgehead atoms. The molecule has 0 heterocycles. The topological polar surface area (TPSA) is 78.7 Å². The predicted molar refractivity (Wildman–Crippen MR) is 82.9 cm³/mol. The Hall–Kier alpha value is -2.41. The molecule has 0 radical (unpaired) electrons. The Balaban J connectivity index is 2.23. The molecule has 0 atom stereocenters. The smallest absolute Gasteiger partial charge is 0.341 e. The van der Waals surface area contributed by atoms with Gasteiger partial charge in [0.05, 0.1) is 12.0 Å². The Bertz CT molecular complexity index is 700. The van der Waals surface area contributed by atoms with E-state index in [4.69, 9.17) is 4.74 Å². The van der Waals surface area contributed by atoms with Crippen molar-refractivity contribution in [2.75, 3.05) is 7.11 Å². The molecular formula is C15H12BrNO5. The summed E-state index contributed by atoms with van der Waals surface area (Å²) in [5, 5.41) is 10.8. The minimum absolute atomic E-state index is 0.0220. The highest BCUT2D eigenvalue weighted by atomic mass is 79.9. The van der Waals surface area contributed by atoms with Crippen molar-refractivity contribution in [1.82, 2.24) is 0 Å². The van der Waals surface area contributed by atoms with Gasteiger partial charge in [-0.05, 0) is 23.8 Å². The lowest BCUT2D eigenvalue weighted by molar-refractivity contribution is -0.384. The number of halogens is 1. The third-order valence-electron chi connectivity index (χ3n) is 2.89. The van der Waals surface area contributed by atoms with Crippen LogP contribution in [0.2, 0.25) is 0 Å². The van der Waals surface area contributed by atoms with Crippen LogP contribution >= 0.6 is 15.9 Å². The van der Waals surface area contributed by atoms with Crippen LogP contribution in [-0.4, -0.2) is 18.0 Å². The van der Waals surface area contributed by atoms with E-state index in [1.54, 1.807) is 0 Å². The second-order valence-corrected chi connectivity index (χ2v) is 5.26. The zero-order chi connectivity index (χ0) is 16.1. The van der Waals surface area contributed by atoms with Crippen molar-refractivity contribution in [3.63, 3.8) is 0 Å². The van der Waals surface area contributed by atoms with Gasteiger partial charge < -0.3 is 9.47 Å². The molecule has 114 valence electrons. The number of carbonyl (C=O) groups excluding carboxylic acids is 1. The number of benzene rings is 2. The number of non-ortho nitro benzene ring substituents is 1. The second kappa shape index (κ2) is 7.04. The molecule has 0 aliphatic heterocycles. The van der Waals surface area contributed by atoms with Crippen molar-refractivity contribution in [1.29, 1.82) is 0 Å². The minimum atomic E-state index is -0.686. The molecule has 22 heavy (non-hydrogen) atoms. The van der Waals surface area contributed by atoms with Crippen LogP contribution in [0.1, 0.15) is 15.9 Å². The standard InChI is InChI=1S/C15H12BrNO5/c1-21-15(18)13-8-12(17(19)20)6-7-14(13)22-9-10-2-4-11(16)5-3-10/h2-8H,9H2,1H3. The largest absolute Gasteiger partial charge is 0.488 e. The first-order valence-corrected chi connectivity index (χ1v) is 7.04. The van der Waals surface area contributed by atoms with Crippen molar-refractivity contribution in [2.24, 2.45) is 0 Å². The van der Waals surface area contributed by atoms with Gasteiger partial charge in [0, 0.05) is 16.6 Å². The fraction of sp³-hybridized carbons (Fsp3) is 0.133. The summed E-state index contributed by atoms with van der Waals surface area (Å²) < 4.78 is 11.2. The van der Waals surface area contributed by atoms with Gasteiger partial charge in [-0.3, -0.25) is 10.1 Å². The van der Waals surface area contributed by atoms with E-state index in [1.807, 2.05) is 24.3 Å². The minimum Gasteiger partial charge on any atom is -0.488 e. The monoisotopic (exact) mass is 365 g/mol. The Morgan fingerprint density at radius 2 is 1.91 bits per heavy atom. The molecule has 0 fully saturated rings. The SMILES string of the molecule is COC(=O)c1cc([N+](=O)[O-])ccc1OCc1ccc(Br)cc1. The summed E-state index contributed by atoms with van der Waals surface area (Å²) in [6.07, 6.45) is 0. The summed E-state index contributed by atoms with van der Waals surface area (Å²) >= 11 is 3.34. The molecule has 0 aliphatic carbocycles. The van der Waals surface area contributed by atoms with Gasteiger partial charge >= 0.3 is 5.97 Å². The number of hydrogen-bond donors (Lipinski definition) is 0.